The Kier molecular flexibility index (Phi) is 21.1. The number of carboxylic acids is 1. The minimum Gasteiger partial charge on any atom is -0.481 e. The molecule has 0 aromatic carbocycles. The zero-order valence-corrected chi connectivity index (χ0v) is 44.3. The quantitative estimate of drug-likeness (QED) is 0.0783. The molecule has 8 rings (SSSR count). The standard InChI is InChI=1S/C24H34ClN5O4S.C19H26ClN5O2S.C5H10O3/c1-24(2,16-31)23(33)30-21(26-14-18-3-4-20(25)35-18)13-19(27-30)17-5-7-29(8-6-17)22(32)15-28-9-11-34-12-10-28;20-17-2-1-15(28-17)12-21-18-11-16(22-23-18)14-3-5-25(6-4-14)19(26)13-24-7-9-27-10-8-24;1-5(2,3-6)4(7)8/h3-4,13,17,26,31H,5-12,14-16H2,1-2H3;1-2,11,14H,3-10,12-13H2,(H2,21,22,23);6H,3H2,1-2H3,(H,7,8). The fourth-order valence-electron chi connectivity index (χ4n) is 8.15. The molecule has 4 aliphatic heterocycles. The molecule has 0 spiro atoms. The molecule has 4 aliphatic rings. The number of nitrogens with one attached hydrogen (secondary N) is 3. The summed E-state index contributed by atoms with van der Waals surface area (Å²) in [5, 5.41) is 45.3. The third kappa shape index (κ3) is 16.7. The van der Waals surface area contributed by atoms with E-state index >= 15 is 0 Å². The lowest BCUT2D eigenvalue weighted by Crippen LogP contribution is -2.46. The Labute approximate surface area is 433 Å². The Bertz CT molecular complexity index is 2330. The third-order valence-corrected chi connectivity index (χ3v) is 15.6. The molecule has 6 N–H and O–H groups in total. The van der Waals surface area contributed by atoms with Gasteiger partial charge in [0.2, 0.25) is 11.8 Å². The second-order valence-electron chi connectivity index (χ2n) is 19.5. The van der Waals surface area contributed by atoms with E-state index < -0.39 is 16.8 Å². The second-order valence-corrected chi connectivity index (χ2v) is 23.1. The van der Waals surface area contributed by atoms with Gasteiger partial charge in [-0.3, -0.25) is 34.1 Å². The topological polar surface area (TPSA) is 231 Å². The molecule has 8 heterocycles. The van der Waals surface area contributed by atoms with Crippen LogP contribution in [0.2, 0.25) is 8.67 Å². The first kappa shape index (κ1) is 56.1. The average Bonchev–Trinajstić information content (AvgIpc) is 4.22. The first-order valence-electron chi connectivity index (χ1n) is 24.2. The Morgan fingerprint density at radius 3 is 1.62 bits per heavy atom. The Morgan fingerprint density at radius 1 is 0.704 bits per heavy atom. The maximum absolute atomic E-state index is 13.2. The number of aliphatic hydroxyl groups excluding tert-OH is 2. The van der Waals surface area contributed by atoms with Crippen LogP contribution in [-0.4, -0.2) is 184 Å². The molecule has 0 unspecified atom stereocenters. The molecule has 4 fully saturated rings. The van der Waals surface area contributed by atoms with Gasteiger partial charge in [0.15, 0.2) is 0 Å². The number of piperidine rings is 2. The van der Waals surface area contributed by atoms with Gasteiger partial charge in [0, 0.05) is 91.8 Å². The predicted octanol–water partition coefficient (Wildman–Crippen LogP) is 5.77. The number of ether oxygens (including phenoxy) is 2. The molecular weight excluding hydrogens is 996 g/mol. The zero-order chi connectivity index (χ0) is 51.1. The summed E-state index contributed by atoms with van der Waals surface area (Å²) in [5.41, 5.74) is 0.0346. The van der Waals surface area contributed by atoms with Crippen molar-refractivity contribution in [2.75, 3.05) is 116 Å². The molecule has 0 radical (unpaired) electrons. The van der Waals surface area contributed by atoms with Crippen LogP contribution in [0.25, 0.3) is 0 Å². The number of hydrogen-bond acceptors (Lipinski definition) is 16. The monoisotopic (exact) mass is 1060 g/mol. The van der Waals surface area contributed by atoms with E-state index in [0.717, 1.165) is 111 Å². The Hall–Kier alpha value is -4.16. The molecule has 0 saturated carbocycles. The summed E-state index contributed by atoms with van der Waals surface area (Å²) in [6.07, 6.45) is 3.53. The minimum atomic E-state index is -0.986. The van der Waals surface area contributed by atoms with Gasteiger partial charge in [-0.25, -0.2) is 0 Å². The number of anilines is 2. The molecule has 4 saturated heterocycles. The van der Waals surface area contributed by atoms with E-state index in [-0.39, 0.29) is 36.9 Å². The molecule has 392 valence electrons. The van der Waals surface area contributed by atoms with Crippen LogP contribution in [0.3, 0.4) is 0 Å². The van der Waals surface area contributed by atoms with Gasteiger partial charge >= 0.3 is 5.97 Å². The number of aliphatic hydroxyl groups is 2. The van der Waals surface area contributed by atoms with Crippen LogP contribution < -0.4 is 10.6 Å². The smallest absolute Gasteiger partial charge is 0.311 e. The highest BCUT2D eigenvalue weighted by Gasteiger charge is 2.34. The molecule has 4 aromatic heterocycles. The van der Waals surface area contributed by atoms with Crippen LogP contribution in [0, 0.1) is 10.8 Å². The van der Waals surface area contributed by atoms with E-state index in [9.17, 15) is 24.3 Å². The number of H-pyrrole nitrogens is 1. The van der Waals surface area contributed by atoms with Gasteiger partial charge in [0.1, 0.15) is 11.6 Å². The van der Waals surface area contributed by atoms with Crippen LogP contribution in [0.4, 0.5) is 11.6 Å². The number of carbonyl (C=O) groups excluding carboxylic acids is 3. The summed E-state index contributed by atoms with van der Waals surface area (Å²) in [6.45, 7) is 17.0. The number of hydrogen-bond donors (Lipinski definition) is 6. The van der Waals surface area contributed by atoms with E-state index in [1.807, 2.05) is 40.1 Å². The lowest BCUT2D eigenvalue weighted by molar-refractivity contribution is -0.149. The van der Waals surface area contributed by atoms with Crippen LogP contribution in [0.5, 0.6) is 0 Å². The van der Waals surface area contributed by atoms with E-state index in [0.29, 0.717) is 62.0 Å². The normalized spacial score (nSPS) is 17.7. The van der Waals surface area contributed by atoms with Crippen molar-refractivity contribution in [2.45, 2.75) is 78.3 Å². The fraction of sp³-hybridized carbons (Fsp3) is 0.625. The Balaban J connectivity index is 0.000000205. The Morgan fingerprint density at radius 2 is 1.18 bits per heavy atom. The van der Waals surface area contributed by atoms with Crippen LogP contribution in [0.1, 0.15) is 91.2 Å². The summed E-state index contributed by atoms with van der Waals surface area (Å²) in [5.74, 6) is 1.19. The van der Waals surface area contributed by atoms with Crippen LogP contribution in [-0.2, 0) is 36.9 Å². The number of aromatic nitrogens is 4. The van der Waals surface area contributed by atoms with E-state index in [1.165, 1.54) is 34.7 Å². The zero-order valence-electron chi connectivity index (χ0n) is 41.2. The average molecular weight is 1070 g/mol. The fourth-order valence-corrected chi connectivity index (χ4v) is 10.2. The third-order valence-electron chi connectivity index (χ3n) is 13.1. The number of rotatable bonds is 16. The highest BCUT2D eigenvalue weighted by atomic mass is 35.5. The number of carbonyl (C=O) groups is 4. The summed E-state index contributed by atoms with van der Waals surface area (Å²) in [7, 11) is 0. The van der Waals surface area contributed by atoms with Crippen molar-refractivity contribution in [3.63, 3.8) is 0 Å². The molecule has 23 heteroatoms. The van der Waals surface area contributed by atoms with Crippen LogP contribution >= 0.6 is 45.9 Å². The molecule has 0 atom stereocenters. The second kappa shape index (κ2) is 26.7. The van der Waals surface area contributed by atoms with E-state index in [1.54, 1.807) is 25.2 Å². The summed E-state index contributed by atoms with van der Waals surface area (Å²) in [4.78, 5) is 59.1. The molecule has 0 bridgehead atoms. The maximum atomic E-state index is 13.2. The van der Waals surface area contributed by atoms with Crippen LogP contribution in [0.15, 0.2) is 36.4 Å². The highest BCUT2D eigenvalue weighted by Crippen LogP contribution is 2.32. The van der Waals surface area contributed by atoms with Crippen molar-refractivity contribution in [2.24, 2.45) is 10.8 Å². The SMILES string of the molecule is CC(C)(CO)C(=O)O.CC(C)(CO)C(=O)n1nc(C2CCN(C(=O)CN3CCOCC3)CC2)cc1NCc1ccc(Cl)s1.O=C(CN1CCOCC1)N1CCC(c2cc(NCc3ccc(Cl)s3)n[nH]2)CC1. The van der Waals surface area contributed by atoms with Crippen molar-refractivity contribution in [1.29, 1.82) is 0 Å². The van der Waals surface area contributed by atoms with Crippen molar-refractivity contribution in [3.05, 3.63) is 66.2 Å². The number of halogens is 2. The molecule has 4 aromatic rings. The number of amides is 2. The van der Waals surface area contributed by atoms with Crippen molar-refractivity contribution < 1.29 is 44.0 Å². The molecular formula is C48H70Cl2N10O9S2. The van der Waals surface area contributed by atoms with Gasteiger partial charge < -0.3 is 45.2 Å². The van der Waals surface area contributed by atoms with Crippen molar-refractivity contribution in [1.82, 2.24) is 39.6 Å². The molecule has 0 aliphatic carbocycles. The van der Waals surface area contributed by atoms with Gasteiger partial charge in [0.25, 0.3) is 5.91 Å². The van der Waals surface area contributed by atoms with Gasteiger partial charge in [-0.15, -0.1) is 22.7 Å². The number of nitrogens with zero attached hydrogens (tertiary/aromatic N) is 7. The van der Waals surface area contributed by atoms with E-state index in [2.05, 4.69) is 41.8 Å². The summed E-state index contributed by atoms with van der Waals surface area (Å²) >= 11 is 15.1. The van der Waals surface area contributed by atoms with Gasteiger partial charge in [-0.1, -0.05) is 23.2 Å². The number of aromatic amines is 1. The first-order chi connectivity index (χ1) is 33.9. The molecule has 19 nitrogen and oxygen atoms in total. The predicted molar refractivity (Wildman–Crippen MR) is 276 cm³/mol. The van der Waals surface area contributed by atoms with Gasteiger partial charge in [-0.05, 0) is 77.6 Å². The minimum absolute atomic E-state index is 0.158. The van der Waals surface area contributed by atoms with E-state index in [4.69, 9.17) is 42.9 Å². The van der Waals surface area contributed by atoms with Crippen molar-refractivity contribution in [3.8, 4) is 0 Å². The molecule has 2 amide bonds. The lowest BCUT2D eigenvalue weighted by atomic mass is 9.93. The summed E-state index contributed by atoms with van der Waals surface area (Å²) < 4.78 is 13.6. The first-order valence-corrected chi connectivity index (χ1v) is 26.6. The van der Waals surface area contributed by atoms with Gasteiger partial charge in [-0.2, -0.15) is 14.9 Å². The number of likely N-dealkylation sites (tertiary alicyclic amines) is 2. The number of carboxylic acid groups (broad SMARTS) is 1. The summed E-state index contributed by atoms with van der Waals surface area (Å²) in [6, 6.07) is 11.7. The number of thiophene rings is 2. The number of aliphatic carboxylic acids is 1. The number of morpholine rings is 2. The van der Waals surface area contributed by atoms with Gasteiger partial charge in [0.05, 0.1) is 91.0 Å². The largest absolute Gasteiger partial charge is 0.481 e. The maximum Gasteiger partial charge on any atom is 0.311 e. The lowest BCUT2D eigenvalue weighted by Gasteiger charge is -2.34. The molecule has 71 heavy (non-hydrogen) atoms. The highest BCUT2D eigenvalue weighted by molar-refractivity contribution is 7.16. The van der Waals surface area contributed by atoms with Crippen molar-refractivity contribution >= 4 is 81.2 Å².